The number of amides is 2. The maximum absolute atomic E-state index is 12.5. The normalized spacial score (nSPS) is 11.7. The van der Waals surface area contributed by atoms with Crippen LogP contribution in [0, 0.1) is 0 Å². The zero-order chi connectivity index (χ0) is 23.7. The highest BCUT2D eigenvalue weighted by Crippen LogP contribution is 2.15. The van der Waals surface area contributed by atoms with Gasteiger partial charge in [0, 0.05) is 17.7 Å². The van der Waals surface area contributed by atoms with Gasteiger partial charge in [0.15, 0.2) is 0 Å². The third-order valence-corrected chi connectivity index (χ3v) is 6.09. The van der Waals surface area contributed by atoms with E-state index >= 15 is 0 Å². The van der Waals surface area contributed by atoms with Gasteiger partial charge in [-0.1, -0.05) is 101 Å². The molecule has 1 unspecified atom stereocenters. The maximum Gasteiger partial charge on any atom is 0.251 e. The SMILES string of the molecule is CCCCCCCCCCCCCC(=O)Nc1ccc(C(=O)NC(C)c2ccccc2)cc1. The molecule has 0 fully saturated rings. The van der Waals surface area contributed by atoms with Crippen LogP contribution in [0.5, 0.6) is 0 Å². The predicted molar refractivity (Wildman–Crippen MR) is 138 cm³/mol. The smallest absolute Gasteiger partial charge is 0.251 e. The van der Waals surface area contributed by atoms with Gasteiger partial charge in [-0.2, -0.15) is 0 Å². The van der Waals surface area contributed by atoms with Gasteiger partial charge in [-0.15, -0.1) is 0 Å². The fourth-order valence-corrected chi connectivity index (χ4v) is 3.98. The van der Waals surface area contributed by atoms with E-state index in [4.69, 9.17) is 0 Å². The Morgan fingerprint density at radius 2 is 1.27 bits per heavy atom. The summed E-state index contributed by atoms with van der Waals surface area (Å²) in [6.07, 6.45) is 14.6. The lowest BCUT2D eigenvalue weighted by Gasteiger charge is -2.14. The quantitative estimate of drug-likeness (QED) is 0.256. The highest BCUT2D eigenvalue weighted by Gasteiger charge is 2.11. The zero-order valence-corrected chi connectivity index (χ0v) is 20.6. The van der Waals surface area contributed by atoms with E-state index in [0.29, 0.717) is 12.0 Å². The number of unbranched alkanes of at least 4 members (excludes halogenated alkanes) is 10. The minimum atomic E-state index is -0.120. The van der Waals surface area contributed by atoms with Crippen LogP contribution in [0.1, 0.15) is 113 Å². The molecule has 4 heteroatoms. The molecule has 2 rings (SSSR count). The lowest BCUT2D eigenvalue weighted by Crippen LogP contribution is -2.26. The molecule has 0 aliphatic rings. The van der Waals surface area contributed by atoms with Gasteiger partial charge in [-0.3, -0.25) is 9.59 Å². The lowest BCUT2D eigenvalue weighted by atomic mass is 10.1. The molecule has 0 spiro atoms. The van der Waals surface area contributed by atoms with Crippen molar-refractivity contribution in [1.29, 1.82) is 0 Å². The van der Waals surface area contributed by atoms with Crippen LogP contribution in [0.3, 0.4) is 0 Å². The van der Waals surface area contributed by atoms with Crippen LogP contribution in [0.2, 0.25) is 0 Å². The highest BCUT2D eigenvalue weighted by atomic mass is 16.2. The van der Waals surface area contributed by atoms with Gasteiger partial charge in [0.05, 0.1) is 6.04 Å². The maximum atomic E-state index is 12.5. The molecule has 0 aliphatic carbocycles. The Kier molecular flexibility index (Phi) is 13.0. The van der Waals surface area contributed by atoms with E-state index in [1.165, 1.54) is 57.8 Å². The second-order valence-electron chi connectivity index (χ2n) is 9.02. The van der Waals surface area contributed by atoms with Crippen molar-refractivity contribution < 1.29 is 9.59 Å². The van der Waals surface area contributed by atoms with Crippen molar-refractivity contribution in [1.82, 2.24) is 5.32 Å². The molecule has 0 heterocycles. The number of rotatable bonds is 16. The van der Waals surface area contributed by atoms with Crippen molar-refractivity contribution in [2.75, 3.05) is 5.32 Å². The van der Waals surface area contributed by atoms with Crippen molar-refractivity contribution in [3.63, 3.8) is 0 Å². The molecule has 2 N–H and O–H groups in total. The number of hydrogen-bond donors (Lipinski definition) is 2. The number of carbonyl (C=O) groups is 2. The van der Waals surface area contributed by atoms with Crippen molar-refractivity contribution in [3.8, 4) is 0 Å². The molecule has 2 aromatic rings. The summed E-state index contributed by atoms with van der Waals surface area (Å²) < 4.78 is 0. The van der Waals surface area contributed by atoms with Gasteiger partial charge in [-0.25, -0.2) is 0 Å². The largest absolute Gasteiger partial charge is 0.346 e. The Hall–Kier alpha value is -2.62. The lowest BCUT2D eigenvalue weighted by molar-refractivity contribution is -0.116. The Balaban J connectivity index is 1.58. The number of benzene rings is 2. The number of nitrogens with one attached hydrogen (secondary N) is 2. The summed E-state index contributed by atoms with van der Waals surface area (Å²) in [7, 11) is 0. The Labute approximate surface area is 200 Å². The fourth-order valence-electron chi connectivity index (χ4n) is 3.98. The first-order valence-corrected chi connectivity index (χ1v) is 12.9. The van der Waals surface area contributed by atoms with Crippen molar-refractivity contribution in [2.24, 2.45) is 0 Å². The molecule has 0 aliphatic heterocycles. The van der Waals surface area contributed by atoms with E-state index in [2.05, 4.69) is 17.6 Å². The molecule has 0 saturated heterocycles. The summed E-state index contributed by atoms with van der Waals surface area (Å²) in [5.74, 6) is -0.0778. The summed E-state index contributed by atoms with van der Waals surface area (Å²) in [6, 6.07) is 16.9. The first kappa shape index (κ1) is 26.6. The van der Waals surface area contributed by atoms with Gasteiger partial charge >= 0.3 is 0 Å². The van der Waals surface area contributed by atoms with E-state index in [1.54, 1.807) is 24.3 Å². The Bertz CT molecular complexity index is 802. The van der Waals surface area contributed by atoms with Crippen molar-refractivity contribution in [3.05, 3.63) is 65.7 Å². The van der Waals surface area contributed by atoms with Gasteiger partial charge in [0.25, 0.3) is 5.91 Å². The van der Waals surface area contributed by atoms with Gasteiger partial charge in [-0.05, 0) is 43.2 Å². The third-order valence-electron chi connectivity index (χ3n) is 6.09. The van der Waals surface area contributed by atoms with Gasteiger partial charge in [0.2, 0.25) is 5.91 Å². The van der Waals surface area contributed by atoms with Crippen LogP contribution in [0.15, 0.2) is 54.6 Å². The van der Waals surface area contributed by atoms with E-state index in [9.17, 15) is 9.59 Å². The average Bonchev–Trinajstić information content (AvgIpc) is 2.83. The molecule has 180 valence electrons. The van der Waals surface area contributed by atoms with Crippen molar-refractivity contribution in [2.45, 2.75) is 96.9 Å². The molecule has 1 atom stereocenters. The standard InChI is InChI=1S/C29H42N2O2/c1-3-4-5-6-7-8-9-10-11-12-16-19-28(32)31-27-22-20-26(21-23-27)29(33)30-24(2)25-17-14-13-15-18-25/h13-15,17-18,20-24H,3-12,16,19H2,1-2H3,(H,30,33)(H,31,32). The molecule has 0 radical (unpaired) electrons. The van der Waals surface area contributed by atoms with Crippen LogP contribution < -0.4 is 10.6 Å². The molecule has 0 saturated carbocycles. The first-order chi connectivity index (χ1) is 16.1. The second kappa shape index (κ2) is 16.1. The van der Waals surface area contributed by atoms with Crippen LogP contribution >= 0.6 is 0 Å². The minimum absolute atomic E-state index is 0.0424. The van der Waals surface area contributed by atoms with Crippen LogP contribution in [0.4, 0.5) is 5.69 Å². The summed E-state index contributed by atoms with van der Waals surface area (Å²) in [4.78, 5) is 24.7. The van der Waals surface area contributed by atoms with Crippen LogP contribution in [-0.2, 0) is 4.79 Å². The highest BCUT2D eigenvalue weighted by molar-refractivity contribution is 5.96. The fraction of sp³-hybridized carbons (Fsp3) is 0.517. The van der Waals surface area contributed by atoms with E-state index < -0.39 is 0 Å². The zero-order valence-electron chi connectivity index (χ0n) is 20.6. The summed E-state index contributed by atoms with van der Waals surface area (Å²) in [5, 5.41) is 5.95. The van der Waals surface area contributed by atoms with E-state index in [-0.39, 0.29) is 17.9 Å². The second-order valence-corrected chi connectivity index (χ2v) is 9.02. The third kappa shape index (κ3) is 11.2. The molecular formula is C29H42N2O2. The topological polar surface area (TPSA) is 58.2 Å². The molecule has 2 amide bonds. The van der Waals surface area contributed by atoms with Crippen LogP contribution in [-0.4, -0.2) is 11.8 Å². The van der Waals surface area contributed by atoms with Crippen molar-refractivity contribution >= 4 is 17.5 Å². The van der Waals surface area contributed by atoms with E-state index in [1.807, 2.05) is 37.3 Å². The molecule has 33 heavy (non-hydrogen) atoms. The minimum Gasteiger partial charge on any atom is -0.346 e. The average molecular weight is 451 g/mol. The predicted octanol–water partition coefficient (Wildman–Crippen LogP) is 7.82. The monoisotopic (exact) mass is 450 g/mol. The Morgan fingerprint density at radius 3 is 1.85 bits per heavy atom. The van der Waals surface area contributed by atoms with Gasteiger partial charge in [0.1, 0.15) is 0 Å². The van der Waals surface area contributed by atoms with E-state index in [0.717, 1.165) is 24.1 Å². The molecule has 4 nitrogen and oxygen atoms in total. The van der Waals surface area contributed by atoms with Gasteiger partial charge < -0.3 is 10.6 Å². The molecule has 0 bridgehead atoms. The number of hydrogen-bond acceptors (Lipinski definition) is 2. The molecule has 2 aromatic carbocycles. The molecule has 0 aromatic heterocycles. The summed E-state index contributed by atoms with van der Waals surface area (Å²) >= 11 is 0. The number of anilines is 1. The number of carbonyl (C=O) groups excluding carboxylic acids is 2. The summed E-state index contributed by atoms with van der Waals surface area (Å²) in [5.41, 5.74) is 2.38. The van der Waals surface area contributed by atoms with Crippen LogP contribution in [0.25, 0.3) is 0 Å². The first-order valence-electron chi connectivity index (χ1n) is 12.9. The summed E-state index contributed by atoms with van der Waals surface area (Å²) in [6.45, 7) is 4.22. The Morgan fingerprint density at radius 1 is 0.727 bits per heavy atom. The molecular weight excluding hydrogens is 408 g/mol.